The number of hydrogen-bond acceptors (Lipinski definition) is 7. The van der Waals surface area contributed by atoms with Gasteiger partial charge in [-0.2, -0.15) is 0 Å². The molecule has 0 saturated heterocycles. The summed E-state index contributed by atoms with van der Waals surface area (Å²) in [5.41, 5.74) is 0.624. The zero-order valence-electron chi connectivity index (χ0n) is 19.7. The SMILES string of the molecule is CCn1c(SCC(=O)Nc2ccc(Cl)c(Br)c2)nnc1[C@@H](NC(=O)c1cccc([N+](=O)[O-])c1)C(C)C. The van der Waals surface area contributed by atoms with Crippen LogP contribution in [0.25, 0.3) is 0 Å². The average molecular weight is 596 g/mol. The van der Waals surface area contributed by atoms with Crippen molar-refractivity contribution in [3.8, 4) is 0 Å². The van der Waals surface area contributed by atoms with Crippen molar-refractivity contribution in [1.29, 1.82) is 0 Å². The number of amides is 2. The van der Waals surface area contributed by atoms with Gasteiger partial charge in [0.1, 0.15) is 0 Å². The van der Waals surface area contributed by atoms with E-state index in [1.54, 1.807) is 18.2 Å². The van der Waals surface area contributed by atoms with Crippen molar-refractivity contribution in [2.75, 3.05) is 11.1 Å². The Bertz CT molecular complexity index is 1290. The number of halogens is 2. The van der Waals surface area contributed by atoms with Gasteiger partial charge < -0.3 is 15.2 Å². The van der Waals surface area contributed by atoms with Crippen molar-refractivity contribution in [2.45, 2.75) is 38.5 Å². The highest BCUT2D eigenvalue weighted by atomic mass is 79.9. The third-order valence-corrected chi connectivity index (χ3v) is 7.33. The molecule has 2 amide bonds. The Balaban J connectivity index is 1.72. The molecule has 1 heterocycles. The summed E-state index contributed by atoms with van der Waals surface area (Å²) in [6, 6.07) is 10.2. The van der Waals surface area contributed by atoms with Gasteiger partial charge in [0.05, 0.1) is 21.7 Å². The van der Waals surface area contributed by atoms with Gasteiger partial charge in [0.2, 0.25) is 5.91 Å². The number of nitrogens with zero attached hydrogens (tertiary/aromatic N) is 4. The number of benzene rings is 2. The molecule has 10 nitrogen and oxygen atoms in total. The average Bonchev–Trinajstić information content (AvgIpc) is 3.25. The number of anilines is 1. The fourth-order valence-electron chi connectivity index (χ4n) is 3.35. The number of non-ortho nitro benzene ring substituents is 1. The van der Waals surface area contributed by atoms with Crippen molar-refractivity contribution in [2.24, 2.45) is 5.92 Å². The molecule has 2 N–H and O–H groups in total. The van der Waals surface area contributed by atoms with E-state index >= 15 is 0 Å². The van der Waals surface area contributed by atoms with Crippen LogP contribution < -0.4 is 10.6 Å². The minimum absolute atomic E-state index is 0.0494. The van der Waals surface area contributed by atoms with E-state index in [9.17, 15) is 19.7 Å². The topological polar surface area (TPSA) is 132 Å². The Morgan fingerprint density at radius 3 is 2.61 bits per heavy atom. The van der Waals surface area contributed by atoms with E-state index in [0.717, 1.165) is 0 Å². The van der Waals surface area contributed by atoms with Gasteiger partial charge in [0.15, 0.2) is 11.0 Å². The number of nitro benzene ring substituents is 1. The number of hydrogen-bond donors (Lipinski definition) is 2. The number of thioether (sulfide) groups is 1. The van der Waals surface area contributed by atoms with Gasteiger partial charge in [0, 0.05) is 34.4 Å². The molecule has 1 atom stereocenters. The minimum Gasteiger partial charge on any atom is -0.342 e. The van der Waals surface area contributed by atoms with Crippen LogP contribution in [0.3, 0.4) is 0 Å². The summed E-state index contributed by atoms with van der Waals surface area (Å²) >= 11 is 10.6. The molecule has 0 aliphatic heterocycles. The second-order valence-corrected chi connectivity index (χ2v) is 10.3. The third kappa shape index (κ3) is 6.83. The third-order valence-electron chi connectivity index (χ3n) is 5.15. The Morgan fingerprint density at radius 2 is 1.97 bits per heavy atom. The second kappa shape index (κ2) is 12.3. The highest BCUT2D eigenvalue weighted by Gasteiger charge is 2.26. The summed E-state index contributed by atoms with van der Waals surface area (Å²) in [6.07, 6.45) is 0. The number of carbonyl (C=O) groups excluding carboxylic acids is 2. The molecule has 0 radical (unpaired) electrons. The van der Waals surface area contributed by atoms with Crippen LogP contribution >= 0.6 is 39.3 Å². The Kier molecular flexibility index (Phi) is 9.46. The standard InChI is InChI=1S/C23H24BrClN6O4S/c1-4-30-21(20(13(2)3)27-22(33)14-6-5-7-16(10-14)31(34)35)28-29-23(30)36-12-19(32)26-15-8-9-18(25)17(24)11-15/h5-11,13,20H,4,12H2,1-3H3,(H,26,32)(H,27,33)/t20-/m0/s1. The fourth-order valence-corrected chi connectivity index (χ4v) is 4.66. The van der Waals surface area contributed by atoms with Crippen molar-refractivity contribution in [3.05, 3.63) is 73.5 Å². The first kappa shape index (κ1) is 27.6. The molecular weight excluding hydrogens is 572 g/mol. The summed E-state index contributed by atoms with van der Waals surface area (Å²) in [4.78, 5) is 35.9. The lowest BCUT2D eigenvalue weighted by molar-refractivity contribution is -0.384. The molecular formula is C23H24BrClN6O4S. The Morgan fingerprint density at radius 1 is 1.22 bits per heavy atom. The van der Waals surface area contributed by atoms with E-state index in [1.165, 1.54) is 36.0 Å². The normalized spacial score (nSPS) is 11.8. The summed E-state index contributed by atoms with van der Waals surface area (Å²) in [7, 11) is 0. The van der Waals surface area contributed by atoms with E-state index in [-0.39, 0.29) is 28.8 Å². The van der Waals surface area contributed by atoms with Crippen LogP contribution in [0.2, 0.25) is 5.02 Å². The molecule has 2 aromatic carbocycles. The van der Waals surface area contributed by atoms with Gasteiger partial charge in [-0.1, -0.05) is 43.3 Å². The molecule has 3 rings (SSSR count). The van der Waals surface area contributed by atoms with Gasteiger partial charge in [-0.05, 0) is 53.0 Å². The molecule has 0 spiro atoms. The molecule has 190 valence electrons. The summed E-state index contributed by atoms with van der Waals surface area (Å²) in [6.45, 7) is 6.30. The van der Waals surface area contributed by atoms with Gasteiger partial charge >= 0.3 is 0 Å². The number of nitrogens with one attached hydrogen (secondary N) is 2. The summed E-state index contributed by atoms with van der Waals surface area (Å²) < 4.78 is 2.52. The fraction of sp³-hybridized carbons (Fsp3) is 0.304. The van der Waals surface area contributed by atoms with Crippen LogP contribution in [-0.4, -0.2) is 37.3 Å². The molecule has 36 heavy (non-hydrogen) atoms. The smallest absolute Gasteiger partial charge is 0.270 e. The maximum atomic E-state index is 12.9. The first-order valence-corrected chi connectivity index (χ1v) is 13.1. The molecule has 0 bridgehead atoms. The van der Waals surface area contributed by atoms with E-state index in [0.29, 0.717) is 32.7 Å². The van der Waals surface area contributed by atoms with E-state index in [2.05, 4.69) is 36.8 Å². The lowest BCUT2D eigenvalue weighted by Crippen LogP contribution is -2.33. The molecule has 13 heteroatoms. The Hall–Kier alpha value is -2.96. The van der Waals surface area contributed by atoms with Gasteiger partial charge in [0.25, 0.3) is 11.6 Å². The molecule has 3 aromatic rings. The number of carbonyl (C=O) groups is 2. The van der Waals surface area contributed by atoms with Crippen molar-refractivity contribution in [3.63, 3.8) is 0 Å². The quantitative estimate of drug-likeness (QED) is 0.180. The first-order chi connectivity index (χ1) is 17.1. The zero-order valence-corrected chi connectivity index (χ0v) is 22.9. The summed E-state index contributed by atoms with van der Waals surface area (Å²) in [5.74, 6) is -0.0841. The lowest BCUT2D eigenvalue weighted by atomic mass is 10.0. The predicted molar refractivity (Wildman–Crippen MR) is 142 cm³/mol. The van der Waals surface area contributed by atoms with Crippen LogP contribution in [0.5, 0.6) is 0 Å². The van der Waals surface area contributed by atoms with E-state index in [1.807, 2.05) is 25.3 Å². The lowest BCUT2D eigenvalue weighted by Gasteiger charge is -2.22. The maximum absolute atomic E-state index is 12.9. The van der Waals surface area contributed by atoms with Crippen molar-refractivity contribution >= 4 is 62.5 Å². The minimum atomic E-state index is -0.546. The zero-order chi connectivity index (χ0) is 26.4. The van der Waals surface area contributed by atoms with Crippen LogP contribution in [0.15, 0.2) is 52.1 Å². The molecule has 0 aliphatic carbocycles. The second-order valence-electron chi connectivity index (χ2n) is 8.05. The van der Waals surface area contributed by atoms with Gasteiger partial charge in [-0.15, -0.1) is 10.2 Å². The Labute approximate surface area is 225 Å². The van der Waals surface area contributed by atoms with Gasteiger partial charge in [-0.3, -0.25) is 19.7 Å². The number of nitro groups is 1. The van der Waals surface area contributed by atoms with E-state index < -0.39 is 16.9 Å². The molecule has 0 aliphatic rings. The largest absolute Gasteiger partial charge is 0.342 e. The van der Waals surface area contributed by atoms with Gasteiger partial charge in [-0.25, -0.2) is 0 Å². The summed E-state index contributed by atoms with van der Waals surface area (Å²) in [5, 5.41) is 26.4. The first-order valence-electron chi connectivity index (χ1n) is 11.0. The molecule has 1 aromatic heterocycles. The molecule has 0 unspecified atom stereocenters. The molecule has 0 saturated carbocycles. The van der Waals surface area contributed by atoms with Crippen molar-refractivity contribution < 1.29 is 14.5 Å². The van der Waals surface area contributed by atoms with E-state index in [4.69, 9.17) is 11.6 Å². The molecule has 0 fully saturated rings. The van der Waals surface area contributed by atoms with Crippen LogP contribution in [-0.2, 0) is 11.3 Å². The van der Waals surface area contributed by atoms with Crippen LogP contribution in [0.1, 0.15) is 43.0 Å². The predicted octanol–water partition coefficient (Wildman–Crippen LogP) is 5.48. The monoisotopic (exact) mass is 594 g/mol. The highest BCUT2D eigenvalue weighted by molar-refractivity contribution is 9.10. The van der Waals surface area contributed by atoms with Crippen molar-refractivity contribution in [1.82, 2.24) is 20.1 Å². The maximum Gasteiger partial charge on any atom is 0.270 e. The van der Waals surface area contributed by atoms with Crippen LogP contribution in [0.4, 0.5) is 11.4 Å². The highest BCUT2D eigenvalue weighted by Crippen LogP contribution is 2.27. The number of rotatable bonds is 10. The van der Waals surface area contributed by atoms with Crippen LogP contribution in [0, 0.1) is 16.0 Å². The number of aromatic nitrogens is 3.